The van der Waals surface area contributed by atoms with E-state index in [-0.39, 0.29) is 5.41 Å². The van der Waals surface area contributed by atoms with Crippen molar-refractivity contribution < 1.29 is 9.84 Å². The Kier molecular flexibility index (Phi) is 8.56. The lowest BCUT2D eigenvalue weighted by atomic mass is 9.68. The lowest BCUT2D eigenvalue weighted by Crippen LogP contribution is -2.27. The van der Waals surface area contributed by atoms with Gasteiger partial charge in [-0.1, -0.05) is 74.4 Å². The van der Waals surface area contributed by atoms with Gasteiger partial charge in [-0.2, -0.15) is 0 Å². The van der Waals surface area contributed by atoms with Gasteiger partial charge in [0.05, 0.1) is 0 Å². The Balaban J connectivity index is 1.81. The molecule has 0 amide bonds. The van der Waals surface area contributed by atoms with E-state index in [1.807, 2.05) is 0 Å². The molecule has 0 aromatic heterocycles. The molecule has 1 aromatic rings. The van der Waals surface area contributed by atoms with Crippen LogP contribution in [0.5, 0.6) is 0 Å². The minimum Gasteiger partial charge on any atom is -0.396 e. The van der Waals surface area contributed by atoms with Gasteiger partial charge in [0, 0.05) is 25.7 Å². The van der Waals surface area contributed by atoms with Gasteiger partial charge < -0.3 is 9.84 Å². The fraction of sp³-hybridized carbons (Fsp3) is 0.630. The molecular weight excluding hydrogens is 356 g/mol. The first-order valence-electron chi connectivity index (χ1n) is 11.8. The zero-order valence-electron chi connectivity index (χ0n) is 18.6. The minimum atomic E-state index is 0.202. The minimum absolute atomic E-state index is 0.202. The molecule has 0 heterocycles. The summed E-state index contributed by atoms with van der Waals surface area (Å²) in [6.45, 7) is 3.52. The van der Waals surface area contributed by atoms with Gasteiger partial charge in [0.1, 0.15) is 0 Å². The molecule has 2 nitrogen and oxygen atoms in total. The van der Waals surface area contributed by atoms with Crippen LogP contribution in [0.2, 0.25) is 0 Å². The lowest BCUT2D eigenvalue weighted by Gasteiger charge is -2.35. The average molecular weight is 397 g/mol. The Morgan fingerprint density at radius 2 is 1.59 bits per heavy atom. The molecule has 29 heavy (non-hydrogen) atoms. The van der Waals surface area contributed by atoms with Crippen molar-refractivity contribution in [3.05, 3.63) is 52.6 Å². The molecule has 2 heteroatoms. The number of fused-ring (bicyclic) bond motifs is 2. The van der Waals surface area contributed by atoms with Gasteiger partial charge in [0.2, 0.25) is 0 Å². The predicted octanol–water partition coefficient (Wildman–Crippen LogP) is 6.97. The van der Waals surface area contributed by atoms with Gasteiger partial charge in [-0.05, 0) is 67.7 Å². The van der Waals surface area contributed by atoms with Crippen LogP contribution in [0, 0.1) is 0 Å². The third kappa shape index (κ3) is 5.22. The molecule has 0 radical (unpaired) electrons. The second-order valence-corrected chi connectivity index (χ2v) is 9.06. The highest BCUT2D eigenvalue weighted by Gasteiger charge is 2.43. The number of aliphatic hydroxyl groups is 1. The summed E-state index contributed by atoms with van der Waals surface area (Å²) in [5.41, 5.74) is 8.13. The van der Waals surface area contributed by atoms with Crippen LogP contribution in [-0.4, -0.2) is 25.4 Å². The number of rotatable bonds is 13. The van der Waals surface area contributed by atoms with Crippen LogP contribution in [0.15, 0.2) is 41.5 Å². The molecule has 0 spiro atoms. The summed E-state index contributed by atoms with van der Waals surface area (Å²) in [5.74, 6) is 0. The van der Waals surface area contributed by atoms with E-state index in [1.54, 1.807) is 29.4 Å². The smallest absolute Gasteiger partial charge is 0.0462 e. The molecule has 2 aliphatic rings. The summed E-state index contributed by atoms with van der Waals surface area (Å²) >= 11 is 0. The van der Waals surface area contributed by atoms with Crippen molar-refractivity contribution >= 4 is 5.57 Å². The fourth-order valence-corrected chi connectivity index (χ4v) is 5.46. The Morgan fingerprint density at radius 1 is 0.897 bits per heavy atom. The number of allylic oxidation sites excluding steroid dienone is 4. The van der Waals surface area contributed by atoms with Gasteiger partial charge in [0.15, 0.2) is 0 Å². The molecule has 1 unspecified atom stereocenters. The van der Waals surface area contributed by atoms with E-state index in [9.17, 15) is 0 Å². The summed E-state index contributed by atoms with van der Waals surface area (Å²) in [6, 6.07) is 9.24. The normalized spacial score (nSPS) is 20.6. The molecule has 160 valence electrons. The number of unbranched alkanes of at least 4 members (excludes halogenated alkanes) is 6. The van der Waals surface area contributed by atoms with Gasteiger partial charge in [-0.15, -0.1) is 0 Å². The first kappa shape index (κ1) is 22.3. The van der Waals surface area contributed by atoms with E-state index < -0.39 is 0 Å². The van der Waals surface area contributed by atoms with E-state index in [0.717, 1.165) is 19.4 Å². The third-order valence-corrected chi connectivity index (χ3v) is 6.98. The van der Waals surface area contributed by atoms with E-state index in [4.69, 9.17) is 9.84 Å². The molecule has 0 saturated carbocycles. The average Bonchev–Trinajstić information content (AvgIpc) is 3.00. The highest BCUT2D eigenvalue weighted by Crippen LogP contribution is 2.55. The van der Waals surface area contributed by atoms with Crippen molar-refractivity contribution in [2.45, 2.75) is 89.4 Å². The number of hydrogen-bond acceptors (Lipinski definition) is 2. The Morgan fingerprint density at radius 3 is 2.31 bits per heavy atom. The molecule has 1 aromatic carbocycles. The standard InChI is InChI=1S/C27H40O2/c1-22-15-16-24-23-13-7-8-14-25(23)27(26(24)21-22,17-9-3-5-11-19-28)18-10-4-6-12-20-29-2/h7-8,13-14,21,28H,3-6,9-12,15-20H2,1-2H3. The highest BCUT2D eigenvalue weighted by atomic mass is 16.5. The van der Waals surface area contributed by atoms with E-state index in [1.165, 1.54) is 69.8 Å². The lowest BCUT2D eigenvalue weighted by molar-refractivity contribution is 0.191. The molecule has 1 N–H and O–H groups in total. The quantitative estimate of drug-likeness (QED) is 0.365. The number of methoxy groups -OCH3 is 1. The molecule has 1 atom stereocenters. The number of aliphatic hydroxyl groups excluding tert-OH is 1. The molecular formula is C27H40O2. The maximum atomic E-state index is 9.12. The highest BCUT2D eigenvalue weighted by molar-refractivity contribution is 5.83. The first-order valence-corrected chi connectivity index (χ1v) is 11.8. The van der Waals surface area contributed by atoms with Crippen LogP contribution in [0.1, 0.15) is 95.1 Å². The predicted molar refractivity (Wildman–Crippen MR) is 123 cm³/mol. The van der Waals surface area contributed by atoms with Crippen LogP contribution in [0.3, 0.4) is 0 Å². The number of benzene rings is 1. The van der Waals surface area contributed by atoms with Crippen molar-refractivity contribution in [3.8, 4) is 0 Å². The third-order valence-electron chi connectivity index (χ3n) is 6.98. The van der Waals surface area contributed by atoms with Crippen LogP contribution >= 0.6 is 0 Å². The van der Waals surface area contributed by atoms with E-state index in [0.29, 0.717) is 6.61 Å². The topological polar surface area (TPSA) is 29.5 Å². The summed E-state index contributed by atoms with van der Waals surface area (Å²) in [7, 11) is 1.80. The van der Waals surface area contributed by atoms with Crippen LogP contribution < -0.4 is 0 Å². The second-order valence-electron chi connectivity index (χ2n) is 9.06. The van der Waals surface area contributed by atoms with Crippen LogP contribution in [-0.2, 0) is 10.2 Å². The SMILES string of the molecule is COCCCCCCC1(CCCCCCO)C2=C(CCC(C)=C2)c2ccccc21. The van der Waals surface area contributed by atoms with E-state index >= 15 is 0 Å². The molecule has 0 saturated heterocycles. The Bertz CT molecular complexity index is 715. The molecule has 3 rings (SSSR count). The summed E-state index contributed by atoms with van der Waals surface area (Å²) in [5, 5.41) is 9.12. The zero-order chi connectivity index (χ0) is 20.5. The molecule has 2 aliphatic carbocycles. The van der Waals surface area contributed by atoms with Crippen molar-refractivity contribution in [2.75, 3.05) is 20.3 Å². The van der Waals surface area contributed by atoms with Crippen LogP contribution in [0.25, 0.3) is 5.57 Å². The molecule has 0 bridgehead atoms. The maximum Gasteiger partial charge on any atom is 0.0462 e. The fourth-order valence-electron chi connectivity index (χ4n) is 5.46. The summed E-state index contributed by atoms with van der Waals surface area (Å²) in [4.78, 5) is 0. The Labute approximate surface area is 178 Å². The summed E-state index contributed by atoms with van der Waals surface area (Å²) in [6.07, 6.45) is 17.0. The largest absolute Gasteiger partial charge is 0.396 e. The summed E-state index contributed by atoms with van der Waals surface area (Å²) < 4.78 is 5.22. The number of ether oxygens (including phenoxy) is 1. The Hall–Kier alpha value is -1.38. The van der Waals surface area contributed by atoms with Crippen molar-refractivity contribution in [3.63, 3.8) is 0 Å². The number of hydrogen-bond donors (Lipinski definition) is 1. The molecule has 0 fully saturated rings. The van der Waals surface area contributed by atoms with Gasteiger partial charge >= 0.3 is 0 Å². The van der Waals surface area contributed by atoms with Crippen LogP contribution in [0.4, 0.5) is 0 Å². The monoisotopic (exact) mass is 396 g/mol. The zero-order valence-corrected chi connectivity index (χ0v) is 18.6. The van der Waals surface area contributed by atoms with Gasteiger partial charge in [-0.25, -0.2) is 0 Å². The first-order chi connectivity index (χ1) is 14.2. The van der Waals surface area contributed by atoms with Crippen molar-refractivity contribution in [1.82, 2.24) is 0 Å². The van der Waals surface area contributed by atoms with Gasteiger partial charge in [0.25, 0.3) is 0 Å². The van der Waals surface area contributed by atoms with E-state index in [2.05, 4.69) is 37.3 Å². The second kappa shape index (κ2) is 11.1. The van der Waals surface area contributed by atoms with Crippen molar-refractivity contribution in [1.29, 1.82) is 0 Å². The molecule has 0 aliphatic heterocycles. The van der Waals surface area contributed by atoms with Gasteiger partial charge in [-0.3, -0.25) is 0 Å². The maximum absolute atomic E-state index is 9.12. The van der Waals surface area contributed by atoms with Crippen molar-refractivity contribution in [2.24, 2.45) is 0 Å².